The molecule has 0 spiro atoms. The van der Waals surface area contributed by atoms with Crippen molar-refractivity contribution in [1.29, 1.82) is 0 Å². The van der Waals surface area contributed by atoms with Gasteiger partial charge in [0.2, 0.25) is 0 Å². The number of amides is 1. The van der Waals surface area contributed by atoms with E-state index in [9.17, 15) is 14.7 Å². The van der Waals surface area contributed by atoms with Gasteiger partial charge < -0.3 is 15.5 Å². The smallest absolute Gasteiger partial charge is 0.322 e. The summed E-state index contributed by atoms with van der Waals surface area (Å²) in [4.78, 5) is 26.4. The first kappa shape index (κ1) is 16.8. The lowest BCUT2D eigenvalue weighted by atomic mass is 9.98. The molecule has 6 nitrogen and oxygen atoms in total. The summed E-state index contributed by atoms with van der Waals surface area (Å²) in [6.07, 6.45) is 1.94. The average Bonchev–Trinajstić information content (AvgIpc) is 2.52. The Morgan fingerprint density at radius 1 is 1.35 bits per heavy atom. The first-order valence-corrected chi connectivity index (χ1v) is 7.28. The van der Waals surface area contributed by atoms with Crippen LogP contribution >= 0.6 is 11.6 Å². The molecule has 0 aliphatic heterocycles. The molecule has 1 aromatic heterocycles. The van der Waals surface area contributed by atoms with Gasteiger partial charge in [-0.1, -0.05) is 30.7 Å². The van der Waals surface area contributed by atoms with E-state index in [1.54, 1.807) is 18.2 Å². The van der Waals surface area contributed by atoms with E-state index >= 15 is 0 Å². The number of aliphatic carboxylic acids is 1. The van der Waals surface area contributed by atoms with Gasteiger partial charge in [0.05, 0.1) is 0 Å². The minimum absolute atomic E-state index is 0.200. The molecule has 0 radical (unpaired) electrons. The van der Waals surface area contributed by atoms with Gasteiger partial charge in [-0.25, -0.2) is 4.98 Å². The Morgan fingerprint density at radius 2 is 2.09 bits per heavy atom. The van der Waals surface area contributed by atoms with Crippen LogP contribution in [-0.2, 0) is 11.2 Å². The Morgan fingerprint density at radius 3 is 2.70 bits per heavy atom. The number of aromatic nitrogens is 1. The third kappa shape index (κ3) is 3.78. The maximum absolute atomic E-state index is 11.9. The number of aromatic hydroxyl groups is 1. The van der Waals surface area contributed by atoms with E-state index in [1.165, 1.54) is 6.20 Å². The third-order valence-corrected chi connectivity index (χ3v) is 3.50. The SMILES string of the molecule is CCc1c(-c2cccc(Cl)c2)cnc(C(=O)NCC(=O)O)c1O. The second-order valence-corrected chi connectivity index (χ2v) is 5.22. The molecular formula is C16H15ClN2O4. The topological polar surface area (TPSA) is 99.5 Å². The predicted molar refractivity (Wildman–Crippen MR) is 85.7 cm³/mol. The molecule has 1 aromatic carbocycles. The molecule has 120 valence electrons. The molecule has 3 N–H and O–H groups in total. The summed E-state index contributed by atoms with van der Waals surface area (Å²) >= 11 is 5.98. The lowest BCUT2D eigenvalue weighted by Gasteiger charge is -2.13. The highest BCUT2D eigenvalue weighted by Gasteiger charge is 2.19. The van der Waals surface area contributed by atoms with Crippen molar-refractivity contribution >= 4 is 23.5 Å². The second-order valence-electron chi connectivity index (χ2n) is 4.79. The molecule has 0 unspecified atom stereocenters. The van der Waals surface area contributed by atoms with Crippen LogP contribution in [0.5, 0.6) is 5.75 Å². The summed E-state index contributed by atoms with van der Waals surface area (Å²) in [5, 5.41) is 21.6. The summed E-state index contributed by atoms with van der Waals surface area (Å²) < 4.78 is 0. The summed E-state index contributed by atoms with van der Waals surface area (Å²) in [6.45, 7) is 1.29. The number of benzene rings is 1. The van der Waals surface area contributed by atoms with E-state index in [4.69, 9.17) is 16.7 Å². The molecule has 7 heteroatoms. The van der Waals surface area contributed by atoms with Gasteiger partial charge in [0.25, 0.3) is 5.91 Å². The summed E-state index contributed by atoms with van der Waals surface area (Å²) in [5.41, 5.74) is 1.79. The van der Waals surface area contributed by atoms with Gasteiger partial charge in [0.15, 0.2) is 11.4 Å². The van der Waals surface area contributed by atoms with Crippen LogP contribution in [0, 0.1) is 0 Å². The van der Waals surface area contributed by atoms with Crippen molar-refractivity contribution in [3.8, 4) is 16.9 Å². The predicted octanol–water partition coefficient (Wildman–Crippen LogP) is 2.48. The Labute approximate surface area is 137 Å². The first-order valence-electron chi connectivity index (χ1n) is 6.90. The van der Waals surface area contributed by atoms with Gasteiger partial charge in [-0.05, 0) is 24.1 Å². The number of pyridine rings is 1. The Bertz CT molecular complexity index is 762. The number of carbonyl (C=O) groups is 2. The van der Waals surface area contributed by atoms with Crippen LogP contribution in [0.15, 0.2) is 30.5 Å². The van der Waals surface area contributed by atoms with E-state index in [0.717, 1.165) is 5.56 Å². The Kier molecular flexibility index (Phi) is 5.18. The molecule has 2 rings (SSSR count). The van der Waals surface area contributed by atoms with Crippen molar-refractivity contribution in [2.24, 2.45) is 0 Å². The minimum atomic E-state index is -1.18. The number of hydrogen-bond donors (Lipinski definition) is 3. The summed E-state index contributed by atoms with van der Waals surface area (Å²) in [7, 11) is 0. The number of nitrogens with one attached hydrogen (secondary N) is 1. The molecule has 23 heavy (non-hydrogen) atoms. The van der Waals surface area contributed by atoms with Gasteiger partial charge in [0, 0.05) is 22.3 Å². The molecule has 0 aliphatic rings. The van der Waals surface area contributed by atoms with Crippen LogP contribution in [0.25, 0.3) is 11.1 Å². The summed E-state index contributed by atoms with van der Waals surface area (Å²) in [6, 6.07) is 7.08. The zero-order valence-electron chi connectivity index (χ0n) is 12.3. The number of halogens is 1. The Balaban J connectivity index is 2.43. The number of nitrogens with zero attached hydrogens (tertiary/aromatic N) is 1. The monoisotopic (exact) mass is 334 g/mol. The van der Waals surface area contributed by atoms with Crippen LogP contribution < -0.4 is 5.32 Å². The molecule has 0 atom stereocenters. The van der Waals surface area contributed by atoms with Crippen LogP contribution in [0.2, 0.25) is 5.02 Å². The highest BCUT2D eigenvalue weighted by Crippen LogP contribution is 2.33. The normalized spacial score (nSPS) is 10.3. The molecule has 0 fully saturated rings. The number of carboxylic acid groups (broad SMARTS) is 1. The van der Waals surface area contributed by atoms with Crippen LogP contribution in [0.3, 0.4) is 0 Å². The van der Waals surface area contributed by atoms with Crippen molar-refractivity contribution in [3.63, 3.8) is 0 Å². The van der Waals surface area contributed by atoms with E-state index in [2.05, 4.69) is 10.3 Å². The zero-order chi connectivity index (χ0) is 17.0. The average molecular weight is 335 g/mol. The van der Waals surface area contributed by atoms with Gasteiger partial charge in [-0.15, -0.1) is 0 Å². The first-order chi connectivity index (χ1) is 10.9. The van der Waals surface area contributed by atoms with Gasteiger partial charge in [0.1, 0.15) is 6.54 Å². The van der Waals surface area contributed by atoms with Crippen LogP contribution in [0.4, 0.5) is 0 Å². The number of carbonyl (C=O) groups excluding carboxylic acids is 1. The molecule has 1 amide bonds. The van der Waals surface area contributed by atoms with E-state index in [0.29, 0.717) is 22.6 Å². The largest absolute Gasteiger partial charge is 0.505 e. The van der Waals surface area contributed by atoms with Crippen LogP contribution in [-0.4, -0.2) is 33.6 Å². The second kappa shape index (κ2) is 7.11. The highest BCUT2D eigenvalue weighted by atomic mass is 35.5. The molecule has 0 bridgehead atoms. The van der Waals surface area contributed by atoms with Crippen molar-refractivity contribution in [2.45, 2.75) is 13.3 Å². The fourth-order valence-electron chi connectivity index (χ4n) is 2.21. The minimum Gasteiger partial charge on any atom is -0.505 e. The van der Waals surface area contributed by atoms with Crippen molar-refractivity contribution < 1.29 is 19.8 Å². The fourth-order valence-corrected chi connectivity index (χ4v) is 2.40. The van der Waals surface area contributed by atoms with Crippen molar-refractivity contribution in [1.82, 2.24) is 10.3 Å². The lowest BCUT2D eigenvalue weighted by molar-refractivity contribution is -0.135. The molecule has 0 saturated heterocycles. The fraction of sp³-hybridized carbons (Fsp3) is 0.188. The quantitative estimate of drug-likeness (QED) is 0.780. The van der Waals surface area contributed by atoms with E-state index < -0.39 is 18.4 Å². The molecule has 0 aliphatic carbocycles. The van der Waals surface area contributed by atoms with Gasteiger partial charge >= 0.3 is 5.97 Å². The van der Waals surface area contributed by atoms with Gasteiger partial charge in [-0.3, -0.25) is 9.59 Å². The maximum atomic E-state index is 11.9. The van der Waals surface area contributed by atoms with E-state index in [-0.39, 0.29) is 11.4 Å². The molecule has 2 aromatic rings. The number of rotatable bonds is 5. The van der Waals surface area contributed by atoms with Gasteiger partial charge in [-0.2, -0.15) is 0 Å². The van der Waals surface area contributed by atoms with Crippen molar-refractivity contribution in [3.05, 3.63) is 46.7 Å². The highest BCUT2D eigenvalue weighted by molar-refractivity contribution is 6.30. The standard InChI is InChI=1S/C16H15ClN2O4/c1-2-11-12(9-4-3-5-10(17)6-9)7-18-14(15(11)22)16(23)19-8-13(20)21/h3-7,22H,2,8H2,1H3,(H,19,23)(H,20,21). The van der Waals surface area contributed by atoms with E-state index in [1.807, 2.05) is 13.0 Å². The lowest BCUT2D eigenvalue weighted by Crippen LogP contribution is -2.30. The third-order valence-electron chi connectivity index (χ3n) is 3.26. The van der Waals surface area contributed by atoms with Crippen LogP contribution in [0.1, 0.15) is 23.0 Å². The zero-order valence-corrected chi connectivity index (χ0v) is 13.1. The maximum Gasteiger partial charge on any atom is 0.322 e. The summed E-state index contributed by atoms with van der Waals surface area (Å²) in [5.74, 6) is -2.17. The Hall–Kier alpha value is -2.60. The number of hydrogen-bond acceptors (Lipinski definition) is 4. The van der Waals surface area contributed by atoms with Crippen molar-refractivity contribution in [2.75, 3.05) is 6.54 Å². The molecule has 1 heterocycles. The molecule has 0 saturated carbocycles. The molecular weight excluding hydrogens is 320 g/mol. The number of carboxylic acids is 1.